The van der Waals surface area contributed by atoms with Gasteiger partial charge in [-0.2, -0.15) is 0 Å². The van der Waals surface area contributed by atoms with Crippen molar-refractivity contribution in [3.8, 4) is 0 Å². The fourth-order valence-corrected chi connectivity index (χ4v) is 3.06. The zero-order valence-electron chi connectivity index (χ0n) is 10.4. The summed E-state index contributed by atoms with van der Waals surface area (Å²) < 4.78 is 1.58. The fourth-order valence-electron chi connectivity index (χ4n) is 1.77. The van der Waals surface area contributed by atoms with Gasteiger partial charge in [-0.05, 0) is 39.7 Å². The summed E-state index contributed by atoms with van der Waals surface area (Å²) in [4.78, 5) is 9.14. The summed E-state index contributed by atoms with van der Waals surface area (Å²) in [5, 5.41) is 2.08. The van der Waals surface area contributed by atoms with Crippen LogP contribution in [0, 0.1) is 10.6 Å². The average molecular weight is 343 g/mol. The number of halogens is 1. The van der Waals surface area contributed by atoms with E-state index in [1.54, 1.807) is 11.3 Å². The second-order valence-electron chi connectivity index (χ2n) is 4.64. The van der Waals surface area contributed by atoms with E-state index in [-0.39, 0.29) is 0 Å². The van der Waals surface area contributed by atoms with Crippen LogP contribution in [0.5, 0.6) is 0 Å². The zero-order valence-corrected chi connectivity index (χ0v) is 13.6. The van der Waals surface area contributed by atoms with E-state index in [0.29, 0.717) is 10.6 Å². The molecule has 2 rings (SSSR count). The summed E-state index contributed by atoms with van der Waals surface area (Å²) in [5.74, 6) is 1.53. The van der Waals surface area contributed by atoms with E-state index >= 15 is 0 Å². The van der Waals surface area contributed by atoms with Gasteiger partial charge in [0.2, 0.25) is 0 Å². The first kappa shape index (κ1) is 13.9. The van der Waals surface area contributed by atoms with E-state index in [2.05, 4.69) is 57.3 Å². The molecule has 1 N–H and O–H groups in total. The molecule has 0 amide bonds. The Morgan fingerprint density at radius 3 is 2.89 bits per heavy atom. The lowest BCUT2D eigenvalue weighted by Crippen LogP contribution is -2.05. The summed E-state index contributed by atoms with van der Waals surface area (Å²) in [5.41, 5.74) is 1.15. The number of thiophene rings is 1. The highest BCUT2D eigenvalue weighted by molar-refractivity contribution is 9.10. The summed E-state index contributed by atoms with van der Waals surface area (Å²) >= 11 is 10.6. The first-order chi connectivity index (χ1) is 8.56. The highest BCUT2D eigenvalue weighted by atomic mass is 79.9. The Labute approximate surface area is 125 Å². The largest absolute Gasteiger partial charge is 0.346 e. The van der Waals surface area contributed by atoms with Crippen LogP contribution in [0.15, 0.2) is 22.0 Å². The van der Waals surface area contributed by atoms with Crippen LogP contribution in [0.4, 0.5) is 0 Å². The molecule has 0 atom stereocenters. The first-order valence-electron chi connectivity index (χ1n) is 5.86. The first-order valence-corrected chi connectivity index (χ1v) is 7.94. The molecule has 2 nitrogen and oxygen atoms in total. The molecule has 18 heavy (non-hydrogen) atoms. The van der Waals surface area contributed by atoms with Crippen molar-refractivity contribution in [2.75, 3.05) is 0 Å². The lowest BCUT2D eigenvalue weighted by atomic mass is 10.1. The van der Waals surface area contributed by atoms with Crippen LogP contribution in [0.25, 0.3) is 0 Å². The monoisotopic (exact) mass is 342 g/mol. The molecule has 0 aliphatic rings. The van der Waals surface area contributed by atoms with Gasteiger partial charge in [0, 0.05) is 17.0 Å². The number of hydrogen-bond donors (Lipinski definition) is 1. The highest BCUT2D eigenvalue weighted by Gasteiger charge is 2.09. The number of hydrogen-bond acceptors (Lipinski definition) is 3. The van der Waals surface area contributed by atoms with E-state index in [1.165, 1.54) is 4.88 Å². The van der Waals surface area contributed by atoms with Crippen molar-refractivity contribution in [3.63, 3.8) is 0 Å². The van der Waals surface area contributed by atoms with Crippen LogP contribution < -0.4 is 0 Å². The Morgan fingerprint density at radius 1 is 1.50 bits per heavy atom. The quantitative estimate of drug-likeness (QED) is 0.812. The van der Waals surface area contributed by atoms with Gasteiger partial charge < -0.3 is 4.98 Å². The Morgan fingerprint density at radius 2 is 2.28 bits per heavy atom. The normalized spacial score (nSPS) is 11.1. The Balaban J connectivity index is 2.32. The van der Waals surface area contributed by atoms with Gasteiger partial charge in [0.25, 0.3) is 0 Å². The van der Waals surface area contributed by atoms with Crippen LogP contribution in [0.3, 0.4) is 0 Å². The second kappa shape index (κ2) is 6.08. The van der Waals surface area contributed by atoms with Crippen molar-refractivity contribution < 1.29 is 0 Å². The Hall–Kier alpha value is -0.520. The predicted molar refractivity (Wildman–Crippen MR) is 82.8 cm³/mol. The van der Waals surface area contributed by atoms with Crippen LogP contribution in [-0.4, -0.2) is 9.97 Å². The van der Waals surface area contributed by atoms with Gasteiger partial charge in [-0.15, -0.1) is 11.3 Å². The standard InChI is InChI=1S/C13H15BrN2S2/c1-8(2)6-10-12(14)13(17)16-11(15-10)7-9-4-3-5-18-9/h3-5,8H,6-7H2,1-2H3,(H,15,16,17). The van der Waals surface area contributed by atoms with Crippen molar-refractivity contribution in [1.29, 1.82) is 0 Å². The minimum absolute atomic E-state index is 0.587. The highest BCUT2D eigenvalue weighted by Crippen LogP contribution is 2.20. The minimum atomic E-state index is 0.587. The molecule has 0 bridgehead atoms. The van der Waals surface area contributed by atoms with Crippen molar-refractivity contribution >= 4 is 39.5 Å². The molecule has 0 radical (unpaired) electrons. The molecule has 2 aromatic heterocycles. The Bertz CT molecular complexity index is 573. The van der Waals surface area contributed by atoms with Crippen LogP contribution >= 0.6 is 39.5 Å². The number of nitrogens with zero attached hydrogens (tertiary/aromatic N) is 1. The third-order valence-corrected chi connectivity index (χ3v) is 4.81. The van der Waals surface area contributed by atoms with Crippen molar-refractivity contribution in [3.05, 3.63) is 43.0 Å². The zero-order chi connectivity index (χ0) is 13.1. The molecular formula is C13H15BrN2S2. The van der Waals surface area contributed by atoms with E-state index < -0.39 is 0 Å². The molecule has 0 aliphatic carbocycles. The average Bonchev–Trinajstić information content (AvgIpc) is 2.77. The number of H-pyrrole nitrogens is 1. The van der Waals surface area contributed by atoms with E-state index in [4.69, 9.17) is 12.2 Å². The fraction of sp³-hybridized carbons (Fsp3) is 0.385. The van der Waals surface area contributed by atoms with Crippen LogP contribution in [0.1, 0.15) is 30.2 Å². The van der Waals surface area contributed by atoms with Gasteiger partial charge in [-0.3, -0.25) is 0 Å². The predicted octanol–water partition coefficient (Wildman–Crippen LogP) is 4.75. The molecule has 0 fully saturated rings. The number of rotatable bonds is 4. The molecule has 0 saturated carbocycles. The summed E-state index contributed by atoms with van der Waals surface area (Å²) in [6.07, 6.45) is 1.80. The van der Waals surface area contributed by atoms with Crippen molar-refractivity contribution in [2.45, 2.75) is 26.7 Å². The van der Waals surface area contributed by atoms with E-state index in [0.717, 1.165) is 28.8 Å². The SMILES string of the molecule is CC(C)Cc1[nH]c(Cc2cccs2)nc(=S)c1Br. The lowest BCUT2D eigenvalue weighted by Gasteiger charge is -2.10. The third-order valence-electron chi connectivity index (χ3n) is 2.52. The number of aromatic amines is 1. The summed E-state index contributed by atoms with van der Waals surface area (Å²) in [6.45, 7) is 4.39. The Kier molecular flexibility index (Phi) is 4.70. The van der Waals surface area contributed by atoms with Gasteiger partial charge in [-0.1, -0.05) is 32.1 Å². The molecule has 0 aromatic carbocycles. The van der Waals surface area contributed by atoms with Crippen molar-refractivity contribution in [2.24, 2.45) is 5.92 Å². The molecule has 0 unspecified atom stereocenters. The van der Waals surface area contributed by atoms with Gasteiger partial charge in [0.05, 0.1) is 4.47 Å². The molecular weight excluding hydrogens is 328 g/mol. The van der Waals surface area contributed by atoms with E-state index in [9.17, 15) is 0 Å². The van der Waals surface area contributed by atoms with Gasteiger partial charge in [0.1, 0.15) is 10.5 Å². The lowest BCUT2D eigenvalue weighted by molar-refractivity contribution is 0.628. The summed E-state index contributed by atoms with van der Waals surface area (Å²) in [6, 6.07) is 4.18. The smallest absolute Gasteiger partial charge is 0.144 e. The second-order valence-corrected chi connectivity index (χ2v) is 6.85. The molecule has 96 valence electrons. The molecule has 0 aliphatic heterocycles. The third kappa shape index (κ3) is 3.49. The summed E-state index contributed by atoms with van der Waals surface area (Å²) in [7, 11) is 0. The molecule has 5 heteroatoms. The maximum Gasteiger partial charge on any atom is 0.144 e. The van der Waals surface area contributed by atoms with Gasteiger partial charge in [0.15, 0.2) is 0 Å². The minimum Gasteiger partial charge on any atom is -0.346 e. The molecule has 2 aromatic rings. The number of nitrogens with one attached hydrogen (secondary N) is 1. The maximum absolute atomic E-state index is 5.30. The van der Waals surface area contributed by atoms with Crippen molar-refractivity contribution in [1.82, 2.24) is 9.97 Å². The van der Waals surface area contributed by atoms with Gasteiger partial charge in [-0.25, -0.2) is 4.98 Å². The van der Waals surface area contributed by atoms with Crippen LogP contribution in [0.2, 0.25) is 0 Å². The molecule has 2 heterocycles. The molecule has 0 spiro atoms. The van der Waals surface area contributed by atoms with Gasteiger partial charge >= 0.3 is 0 Å². The number of aromatic nitrogens is 2. The van der Waals surface area contributed by atoms with Crippen LogP contribution in [-0.2, 0) is 12.8 Å². The van der Waals surface area contributed by atoms with E-state index in [1.807, 2.05) is 0 Å². The maximum atomic E-state index is 5.30. The molecule has 0 saturated heterocycles. The topological polar surface area (TPSA) is 28.7 Å².